The van der Waals surface area contributed by atoms with E-state index in [4.69, 9.17) is 0 Å². The fraction of sp³-hybridized carbons (Fsp3) is 0.737. The number of hydrogen-bond donors (Lipinski definition) is 3. The van der Waals surface area contributed by atoms with Crippen molar-refractivity contribution in [2.75, 3.05) is 28.2 Å². The third-order valence-corrected chi connectivity index (χ3v) is 9.53. The van der Waals surface area contributed by atoms with Crippen molar-refractivity contribution in [2.24, 2.45) is 23.7 Å². The molecule has 0 radical (unpaired) electrons. The van der Waals surface area contributed by atoms with E-state index in [1.807, 2.05) is 60.6 Å². The monoisotopic (exact) mass is 703 g/mol. The molecule has 0 fully saturated rings. The lowest BCUT2D eigenvalue weighted by molar-refractivity contribution is -0.156. The smallest absolute Gasteiger partial charge is 0.246 e. The van der Waals surface area contributed by atoms with Crippen molar-refractivity contribution in [1.29, 1.82) is 0 Å². The van der Waals surface area contributed by atoms with Gasteiger partial charge in [-0.1, -0.05) is 55.4 Å². The lowest BCUT2D eigenvalue weighted by atomic mass is 9.89. The molecule has 1 rings (SSSR count). The van der Waals surface area contributed by atoms with Gasteiger partial charge >= 0.3 is 0 Å². The van der Waals surface area contributed by atoms with Crippen LogP contribution in [0.2, 0.25) is 0 Å². The third kappa shape index (κ3) is 13.3. The topological polar surface area (TPSA) is 152 Å². The molecule has 0 aliphatic rings. The van der Waals surface area contributed by atoms with Gasteiger partial charge in [-0.25, -0.2) is 0 Å². The Balaban J connectivity index is 3.44. The molecule has 12 nitrogen and oxygen atoms in total. The quantitative estimate of drug-likeness (QED) is 0.177. The SMILES string of the molecule is CC[C@H](NC(=O)[C@H]([C@H](O)[C@H](C)CCCc1ccncc1)N(C)C(=O)[C@H](C(C)C)N(C)C(=O)[C@H](CC(C)C)N(C)C(=O)CCC(C)C)C(=O)NC. The maximum Gasteiger partial charge on any atom is 0.246 e. The molecule has 12 heteroatoms. The molecule has 6 atom stereocenters. The number of carbonyl (C=O) groups excluding carboxylic acids is 5. The second-order valence-electron chi connectivity index (χ2n) is 14.9. The first-order valence-corrected chi connectivity index (χ1v) is 18.3. The van der Waals surface area contributed by atoms with E-state index >= 15 is 0 Å². The summed E-state index contributed by atoms with van der Waals surface area (Å²) >= 11 is 0. The Labute approximate surface area is 301 Å². The minimum atomic E-state index is -1.34. The van der Waals surface area contributed by atoms with Crippen molar-refractivity contribution < 1.29 is 29.1 Å². The number of carbonyl (C=O) groups is 5. The highest BCUT2D eigenvalue weighted by atomic mass is 16.3. The van der Waals surface area contributed by atoms with E-state index in [0.717, 1.165) is 18.4 Å². The number of pyridine rings is 1. The van der Waals surface area contributed by atoms with Crippen LogP contribution in [0, 0.1) is 23.7 Å². The van der Waals surface area contributed by atoms with Gasteiger partial charge in [-0.3, -0.25) is 29.0 Å². The van der Waals surface area contributed by atoms with Crippen molar-refractivity contribution in [3.05, 3.63) is 30.1 Å². The van der Waals surface area contributed by atoms with Crippen LogP contribution in [0.15, 0.2) is 24.5 Å². The van der Waals surface area contributed by atoms with Gasteiger partial charge in [0.05, 0.1) is 6.10 Å². The van der Waals surface area contributed by atoms with Gasteiger partial charge in [-0.2, -0.15) is 0 Å². The summed E-state index contributed by atoms with van der Waals surface area (Å²) in [7, 11) is 6.14. The van der Waals surface area contributed by atoms with Gasteiger partial charge in [0.2, 0.25) is 29.5 Å². The summed E-state index contributed by atoms with van der Waals surface area (Å²) in [6, 6.07) is -0.106. The average Bonchev–Trinajstić information content (AvgIpc) is 3.07. The van der Waals surface area contributed by atoms with Gasteiger partial charge in [0.1, 0.15) is 24.2 Å². The van der Waals surface area contributed by atoms with Crippen LogP contribution in [0.1, 0.15) is 99.5 Å². The minimum Gasteiger partial charge on any atom is -0.390 e. The summed E-state index contributed by atoms with van der Waals surface area (Å²) < 4.78 is 0. The van der Waals surface area contributed by atoms with Gasteiger partial charge in [0.25, 0.3) is 0 Å². The zero-order valence-corrected chi connectivity index (χ0v) is 32.7. The molecule has 284 valence electrons. The molecule has 5 amide bonds. The highest BCUT2D eigenvalue weighted by Gasteiger charge is 2.43. The van der Waals surface area contributed by atoms with E-state index in [1.54, 1.807) is 33.4 Å². The molecule has 0 saturated carbocycles. The Morgan fingerprint density at radius 3 is 1.88 bits per heavy atom. The van der Waals surface area contributed by atoms with E-state index in [1.165, 1.54) is 28.8 Å². The average molecular weight is 703 g/mol. The fourth-order valence-electron chi connectivity index (χ4n) is 6.25. The van der Waals surface area contributed by atoms with Crippen LogP contribution in [0.3, 0.4) is 0 Å². The summed E-state index contributed by atoms with van der Waals surface area (Å²) in [5, 5.41) is 17.0. The maximum absolute atomic E-state index is 14.4. The second-order valence-corrected chi connectivity index (χ2v) is 14.9. The molecule has 1 aromatic heterocycles. The van der Waals surface area contributed by atoms with Crippen LogP contribution < -0.4 is 10.6 Å². The van der Waals surface area contributed by atoms with E-state index in [9.17, 15) is 29.1 Å². The summed E-state index contributed by atoms with van der Waals surface area (Å²) in [4.78, 5) is 76.4. The number of amides is 5. The van der Waals surface area contributed by atoms with Gasteiger partial charge in [0.15, 0.2) is 0 Å². The number of aryl methyl sites for hydroxylation is 1. The van der Waals surface area contributed by atoms with Crippen molar-refractivity contribution in [3.8, 4) is 0 Å². The summed E-state index contributed by atoms with van der Waals surface area (Å²) in [5.41, 5.74) is 1.11. The first-order chi connectivity index (χ1) is 23.4. The molecular formula is C38H66N6O6. The Morgan fingerprint density at radius 2 is 1.38 bits per heavy atom. The largest absolute Gasteiger partial charge is 0.390 e. The molecule has 1 aromatic rings. The number of aliphatic hydroxyl groups excluding tert-OH is 1. The number of nitrogens with one attached hydrogen (secondary N) is 2. The Morgan fingerprint density at radius 1 is 0.800 bits per heavy atom. The van der Waals surface area contributed by atoms with Crippen molar-refractivity contribution in [1.82, 2.24) is 30.3 Å². The number of aliphatic hydroxyl groups is 1. The molecule has 0 aliphatic carbocycles. The van der Waals surface area contributed by atoms with Crippen molar-refractivity contribution in [3.63, 3.8) is 0 Å². The van der Waals surface area contributed by atoms with E-state index < -0.39 is 42.1 Å². The zero-order chi connectivity index (χ0) is 38.3. The lowest BCUT2D eigenvalue weighted by Gasteiger charge is -2.41. The van der Waals surface area contributed by atoms with Crippen LogP contribution in [0.25, 0.3) is 0 Å². The van der Waals surface area contributed by atoms with E-state index in [-0.39, 0.29) is 35.5 Å². The normalized spacial score (nSPS) is 15.1. The first-order valence-electron chi connectivity index (χ1n) is 18.3. The summed E-state index contributed by atoms with van der Waals surface area (Å²) in [5.74, 6) is -2.38. The highest BCUT2D eigenvalue weighted by Crippen LogP contribution is 2.24. The van der Waals surface area contributed by atoms with Crippen LogP contribution in [-0.2, 0) is 30.4 Å². The van der Waals surface area contributed by atoms with Gasteiger partial charge in [-0.05, 0) is 79.9 Å². The van der Waals surface area contributed by atoms with Crippen LogP contribution >= 0.6 is 0 Å². The Hall–Kier alpha value is -3.54. The van der Waals surface area contributed by atoms with Crippen molar-refractivity contribution in [2.45, 2.75) is 131 Å². The second kappa shape index (κ2) is 21.6. The summed E-state index contributed by atoms with van der Waals surface area (Å²) in [6.45, 7) is 15.3. The van der Waals surface area contributed by atoms with Gasteiger partial charge < -0.3 is 30.4 Å². The highest BCUT2D eigenvalue weighted by molar-refractivity contribution is 5.95. The molecule has 0 aromatic carbocycles. The van der Waals surface area contributed by atoms with Crippen molar-refractivity contribution >= 4 is 29.5 Å². The molecule has 0 aliphatic heterocycles. The molecule has 3 N–H and O–H groups in total. The number of nitrogens with zero attached hydrogens (tertiary/aromatic N) is 4. The van der Waals surface area contributed by atoms with E-state index in [2.05, 4.69) is 15.6 Å². The molecule has 50 heavy (non-hydrogen) atoms. The molecule has 0 unspecified atom stereocenters. The predicted octanol–water partition coefficient (Wildman–Crippen LogP) is 3.66. The summed E-state index contributed by atoms with van der Waals surface area (Å²) in [6.07, 6.45) is 5.99. The van der Waals surface area contributed by atoms with Crippen LogP contribution in [0.4, 0.5) is 0 Å². The minimum absolute atomic E-state index is 0.101. The predicted molar refractivity (Wildman–Crippen MR) is 197 cm³/mol. The van der Waals surface area contributed by atoms with Crippen LogP contribution in [-0.4, -0.2) is 113 Å². The Kier molecular flexibility index (Phi) is 19.2. The number of aromatic nitrogens is 1. The molecule has 0 saturated heterocycles. The van der Waals surface area contributed by atoms with Crippen LogP contribution in [0.5, 0.6) is 0 Å². The molecule has 0 bridgehead atoms. The number of likely N-dealkylation sites (N-methyl/N-ethyl adjacent to an activating group) is 4. The van der Waals surface area contributed by atoms with Gasteiger partial charge in [0, 0.05) is 47.0 Å². The maximum atomic E-state index is 14.4. The van der Waals surface area contributed by atoms with E-state index in [0.29, 0.717) is 38.0 Å². The fourth-order valence-corrected chi connectivity index (χ4v) is 6.25. The molecule has 0 spiro atoms. The first kappa shape index (κ1) is 44.5. The standard InChI is InChI=1S/C38H66N6O6/c1-13-29(35(47)39-9)41-36(48)33(34(46)27(8)15-14-16-28-19-21-40-22-20-28)44(12)38(50)32(26(6)7)43(11)37(49)30(23-25(4)5)42(10)31(45)18-17-24(2)3/h19-22,24-27,29-30,32-34,46H,13-18,23H2,1-12H3,(H,39,47)(H,41,48)/t27-,29+,30+,32+,33+,34-/m1/s1. The lowest BCUT2D eigenvalue weighted by Crippen LogP contribution is -2.63. The number of hydrogen-bond acceptors (Lipinski definition) is 7. The number of rotatable bonds is 21. The molecular weight excluding hydrogens is 636 g/mol. The zero-order valence-electron chi connectivity index (χ0n) is 32.7. The van der Waals surface area contributed by atoms with Gasteiger partial charge in [-0.15, -0.1) is 0 Å². The Bertz CT molecular complexity index is 1230. The third-order valence-electron chi connectivity index (χ3n) is 9.53. The molecule has 1 heterocycles.